The lowest BCUT2D eigenvalue weighted by molar-refractivity contribution is -0.384. The van der Waals surface area contributed by atoms with Gasteiger partial charge in [0.25, 0.3) is 11.6 Å². The van der Waals surface area contributed by atoms with Gasteiger partial charge in [-0.3, -0.25) is 14.9 Å². The molecular weight excluding hydrogens is 395 g/mol. The second-order valence-electron chi connectivity index (χ2n) is 6.20. The molecule has 0 fully saturated rings. The molecule has 2 aromatic carbocycles. The van der Waals surface area contributed by atoms with Crippen molar-refractivity contribution in [3.8, 4) is 11.4 Å². The van der Waals surface area contributed by atoms with Crippen LogP contribution in [0.2, 0.25) is 0 Å². The zero-order valence-corrected chi connectivity index (χ0v) is 15.4. The molecule has 12 heteroatoms. The Labute approximate surface area is 167 Å². The fourth-order valence-electron chi connectivity index (χ4n) is 2.71. The lowest BCUT2D eigenvalue weighted by Gasteiger charge is -2.08. The van der Waals surface area contributed by atoms with Gasteiger partial charge in [-0.2, -0.15) is 9.78 Å². The molecule has 4 rings (SSSR count). The minimum absolute atomic E-state index is 0.0458. The molecule has 4 aromatic rings. The van der Waals surface area contributed by atoms with Crippen LogP contribution in [0.4, 0.5) is 15.8 Å². The molecule has 0 saturated carbocycles. The summed E-state index contributed by atoms with van der Waals surface area (Å²) in [6.45, 7) is 1.69. The third-order valence-electron chi connectivity index (χ3n) is 4.24. The van der Waals surface area contributed by atoms with E-state index in [0.29, 0.717) is 17.2 Å². The van der Waals surface area contributed by atoms with E-state index in [0.717, 1.165) is 0 Å². The number of aromatic nitrogens is 6. The Morgan fingerprint density at radius 3 is 2.57 bits per heavy atom. The number of nitro benzene ring substituents is 1. The van der Waals surface area contributed by atoms with Gasteiger partial charge in [-0.25, -0.2) is 9.07 Å². The number of nitro groups is 1. The number of anilines is 1. The van der Waals surface area contributed by atoms with Crippen LogP contribution in [0.25, 0.3) is 11.4 Å². The molecule has 0 aliphatic heterocycles. The number of tetrazole rings is 1. The van der Waals surface area contributed by atoms with Crippen molar-refractivity contribution in [3.63, 3.8) is 0 Å². The number of hydrogen-bond acceptors (Lipinski definition) is 7. The van der Waals surface area contributed by atoms with E-state index < -0.39 is 16.6 Å². The van der Waals surface area contributed by atoms with Gasteiger partial charge in [-0.05, 0) is 47.7 Å². The summed E-state index contributed by atoms with van der Waals surface area (Å²) in [5, 5.41) is 28.4. The second kappa shape index (κ2) is 7.50. The minimum Gasteiger partial charge on any atom is -0.319 e. The topological polar surface area (TPSA) is 134 Å². The van der Waals surface area contributed by atoms with Gasteiger partial charge in [-0.15, -0.1) is 5.10 Å². The molecule has 1 amide bonds. The molecule has 0 aliphatic rings. The number of non-ortho nitro benzene ring substituents is 1. The summed E-state index contributed by atoms with van der Waals surface area (Å²) in [7, 11) is 0. The number of rotatable bonds is 5. The predicted molar refractivity (Wildman–Crippen MR) is 102 cm³/mol. The highest BCUT2D eigenvalue weighted by Gasteiger charge is 2.15. The average molecular weight is 408 g/mol. The Balaban J connectivity index is 1.55. The van der Waals surface area contributed by atoms with Gasteiger partial charge in [0.1, 0.15) is 5.82 Å². The van der Waals surface area contributed by atoms with Gasteiger partial charge in [0.2, 0.25) is 0 Å². The first-order valence-electron chi connectivity index (χ1n) is 8.58. The zero-order chi connectivity index (χ0) is 21.3. The minimum atomic E-state index is -0.624. The highest BCUT2D eigenvalue weighted by molar-refractivity contribution is 6.04. The van der Waals surface area contributed by atoms with Crippen molar-refractivity contribution < 1.29 is 14.1 Å². The number of carbonyl (C=O) groups is 1. The molecule has 0 atom stereocenters. The smallest absolute Gasteiger partial charge is 0.269 e. The monoisotopic (exact) mass is 408 g/mol. The van der Waals surface area contributed by atoms with Crippen LogP contribution in [0.3, 0.4) is 0 Å². The molecule has 0 radical (unpaired) electrons. The highest BCUT2D eigenvalue weighted by atomic mass is 19.1. The maximum atomic E-state index is 14.2. The normalized spacial score (nSPS) is 10.7. The lowest BCUT2D eigenvalue weighted by atomic mass is 10.2. The van der Waals surface area contributed by atoms with Crippen molar-refractivity contribution in [2.75, 3.05) is 5.32 Å². The van der Waals surface area contributed by atoms with Crippen LogP contribution in [-0.4, -0.2) is 40.8 Å². The van der Waals surface area contributed by atoms with Gasteiger partial charge in [-0.1, -0.05) is 0 Å². The van der Waals surface area contributed by atoms with Gasteiger partial charge in [0.05, 0.1) is 33.7 Å². The van der Waals surface area contributed by atoms with E-state index in [4.69, 9.17) is 0 Å². The van der Waals surface area contributed by atoms with E-state index in [1.54, 1.807) is 6.92 Å². The molecule has 0 aliphatic carbocycles. The van der Waals surface area contributed by atoms with Crippen LogP contribution in [0, 0.1) is 22.9 Å². The Morgan fingerprint density at radius 2 is 1.90 bits per heavy atom. The largest absolute Gasteiger partial charge is 0.319 e. The van der Waals surface area contributed by atoms with E-state index in [2.05, 4.69) is 25.9 Å². The van der Waals surface area contributed by atoms with Crippen molar-refractivity contribution in [2.24, 2.45) is 0 Å². The zero-order valence-electron chi connectivity index (χ0n) is 15.4. The second-order valence-corrected chi connectivity index (χ2v) is 6.20. The number of nitrogens with zero attached hydrogens (tertiary/aromatic N) is 7. The number of halogens is 1. The van der Waals surface area contributed by atoms with Crippen LogP contribution in [0.1, 0.15) is 16.2 Å². The Hall–Kier alpha value is -4.48. The Kier molecular flexibility index (Phi) is 4.72. The molecule has 2 heterocycles. The molecule has 11 nitrogen and oxygen atoms in total. The summed E-state index contributed by atoms with van der Waals surface area (Å²) in [4.78, 5) is 22.8. The molecule has 0 bridgehead atoms. The van der Waals surface area contributed by atoms with Crippen molar-refractivity contribution in [3.05, 3.63) is 82.2 Å². The van der Waals surface area contributed by atoms with Crippen LogP contribution < -0.4 is 5.32 Å². The van der Waals surface area contributed by atoms with Gasteiger partial charge < -0.3 is 5.32 Å². The first-order chi connectivity index (χ1) is 14.4. The summed E-state index contributed by atoms with van der Waals surface area (Å²) < 4.78 is 17.0. The van der Waals surface area contributed by atoms with Gasteiger partial charge in [0.15, 0.2) is 5.82 Å². The summed E-state index contributed by atoms with van der Waals surface area (Å²) in [6.07, 6.45) is 2.74. The maximum absolute atomic E-state index is 14.2. The highest BCUT2D eigenvalue weighted by Crippen LogP contribution is 2.20. The van der Waals surface area contributed by atoms with E-state index in [1.165, 1.54) is 64.2 Å². The first kappa shape index (κ1) is 18.9. The number of amides is 1. The number of carbonyl (C=O) groups excluding carboxylic acids is 1. The molecular formula is C18H13FN8O3. The summed E-state index contributed by atoms with van der Waals surface area (Å²) in [5.74, 6) is -0.698. The van der Waals surface area contributed by atoms with E-state index in [1.807, 2.05) is 0 Å². The van der Waals surface area contributed by atoms with Crippen molar-refractivity contribution in [1.82, 2.24) is 30.0 Å². The quantitative estimate of drug-likeness (QED) is 0.396. The van der Waals surface area contributed by atoms with E-state index in [9.17, 15) is 19.3 Å². The van der Waals surface area contributed by atoms with Crippen LogP contribution in [0.5, 0.6) is 0 Å². The fraction of sp³-hybridized carbons (Fsp3) is 0.0556. The summed E-state index contributed by atoms with van der Waals surface area (Å²) in [6, 6.07) is 9.77. The van der Waals surface area contributed by atoms with Gasteiger partial charge in [0, 0.05) is 18.3 Å². The third kappa shape index (κ3) is 3.61. The molecule has 0 saturated heterocycles. The Morgan fingerprint density at radius 1 is 1.17 bits per heavy atom. The van der Waals surface area contributed by atoms with Crippen LogP contribution >= 0.6 is 0 Å². The number of nitrogens with one attached hydrogen (secondary N) is 1. The molecule has 2 aromatic heterocycles. The summed E-state index contributed by atoms with van der Waals surface area (Å²) in [5.41, 5.74) is 1.09. The van der Waals surface area contributed by atoms with E-state index >= 15 is 0 Å². The lowest BCUT2D eigenvalue weighted by Crippen LogP contribution is -2.13. The van der Waals surface area contributed by atoms with Gasteiger partial charge >= 0.3 is 0 Å². The molecule has 30 heavy (non-hydrogen) atoms. The van der Waals surface area contributed by atoms with Crippen LogP contribution in [0.15, 0.2) is 54.9 Å². The van der Waals surface area contributed by atoms with Crippen molar-refractivity contribution >= 4 is 17.3 Å². The SMILES string of the molecule is Cc1nnnn1-c1ccc(F)c(NC(=O)c2cnn(-c3ccc([N+](=O)[O-])cc3)c2)c1. The number of hydrogen-bond donors (Lipinski definition) is 1. The third-order valence-corrected chi connectivity index (χ3v) is 4.24. The predicted octanol–water partition coefficient (Wildman–Crippen LogP) is 2.46. The van der Waals surface area contributed by atoms with Crippen molar-refractivity contribution in [2.45, 2.75) is 6.92 Å². The number of aryl methyl sites for hydroxylation is 1. The van der Waals surface area contributed by atoms with E-state index in [-0.39, 0.29) is 16.9 Å². The molecule has 1 N–H and O–H groups in total. The maximum Gasteiger partial charge on any atom is 0.269 e. The first-order valence-corrected chi connectivity index (χ1v) is 8.58. The fourth-order valence-corrected chi connectivity index (χ4v) is 2.71. The average Bonchev–Trinajstić information content (AvgIpc) is 3.39. The molecule has 0 spiro atoms. The summed E-state index contributed by atoms with van der Waals surface area (Å²) >= 11 is 0. The molecule has 150 valence electrons. The molecule has 0 unspecified atom stereocenters. The van der Waals surface area contributed by atoms with Crippen LogP contribution in [-0.2, 0) is 0 Å². The Bertz CT molecular complexity index is 1250. The number of benzene rings is 2. The standard InChI is InChI=1S/C18H13FN8O3/c1-11-22-23-24-26(11)15-6-7-16(19)17(8-15)21-18(28)12-9-20-25(10-12)13-2-4-14(5-3-13)27(29)30/h2-10H,1H3,(H,21,28). The van der Waals surface area contributed by atoms with Crippen molar-refractivity contribution in [1.29, 1.82) is 0 Å².